The number of ether oxygens (including phenoxy) is 1. The van der Waals surface area contributed by atoms with E-state index in [2.05, 4.69) is 10.5 Å². The second kappa shape index (κ2) is 7.86. The van der Waals surface area contributed by atoms with Crippen LogP contribution in [0.2, 0.25) is 0 Å². The summed E-state index contributed by atoms with van der Waals surface area (Å²) in [6.45, 7) is 0.106. The van der Waals surface area contributed by atoms with Crippen molar-refractivity contribution >= 4 is 15.7 Å². The average Bonchev–Trinajstić information content (AvgIpc) is 3.16. The smallest absolute Gasteiger partial charge is 0.263 e. The molecule has 1 aliphatic heterocycles. The number of rotatable bonds is 6. The van der Waals surface area contributed by atoms with E-state index in [0.29, 0.717) is 17.0 Å². The van der Waals surface area contributed by atoms with E-state index in [1.165, 1.54) is 25.3 Å². The van der Waals surface area contributed by atoms with Gasteiger partial charge in [0.1, 0.15) is 15.4 Å². The highest BCUT2D eigenvalue weighted by atomic mass is 32.2. The molecule has 9 nitrogen and oxygen atoms in total. The number of hydrogen-bond donors (Lipinski definition) is 3. The Bertz CT molecular complexity index is 961. The van der Waals surface area contributed by atoms with Crippen LogP contribution in [0.15, 0.2) is 28.8 Å². The van der Waals surface area contributed by atoms with E-state index in [9.17, 15) is 17.6 Å². The summed E-state index contributed by atoms with van der Waals surface area (Å²) in [5.74, 6) is -1.08. The molecule has 0 atom stereocenters. The van der Waals surface area contributed by atoms with Crippen molar-refractivity contribution < 1.29 is 32.1 Å². The molecule has 1 saturated heterocycles. The maximum absolute atomic E-state index is 13.5. The summed E-state index contributed by atoms with van der Waals surface area (Å²) in [6.07, 6.45) is 0.0587. The van der Waals surface area contributed by atoms with Crippen molar-refractivity contribution in [1.29, 1.82) is 0 Å². The fourth-order valence-corrected chi connectivity index (χ4v) is 4.60. The lowest BCUT2D eigenvalue weighted by Gasteiger charge is -2.35. The van der Waals surface area contributed by atoms with Gasteiger partial charge in [-0.2, -0.15) is 0 Å². The molecule has 0 spiro atoms. The number of methoxy groups -OCH3 is 1. The highest BCUT2D eigenvalue weighted by molar-refractivity contribution is 7.91. The summed E-state index contributed by atoms with van der Waals surface area (Å²) in [5, 5.41) is 15.9. The van der Waals surface area contributed by atoms with Gasteiger partial charge in [0.05, 0.1) is 24.3 Å². The van der Waals surface area contributed by atoms with Crippen molar-refractivity contribution in [2.24, 2.45) is 0 Å². The van der Waals surface area contributed by atoms with Crippen LogP contribution in [0, 0.1) is 5.82 Å². The predicted octanol–water partition coefficient (Wildman–Crippen LogP) is 1.03. The van der Waals surface area contributed by atoms with Crippen molar-refractivity contribution in [3.05, 3.63) is 35.8 Å². The van der Waals surface area contributed by atoms with Crippen molar-refractivity contribution in [3.8, 4) is 17.1 Å². The number of benzene rings is 1. The number of carbonyl (C=O) groups is 1. The highest BCUT2D eigenvalue weighted by Gasteiger charge is 2.43. The lowest BCUT2D eigenvalue weighted by Crippen LogP contribution is -2.59. The molecule has 2 aromatic rings. The summed E-state index contributed by atoms with van der Waals surface area (Å²) in [5.41, 5.74) is 1.39. The minimum absolute atomic E-state index is 0.0294. The molecule has 0 unspecified atom stereocenters. The Labute approximate surface area is 160 Å². The number of hydrogen-bond acceptors (Lipinski definition) is 8. The Hall–Kier alpha value is -2.50. The van der Waals surface area contributed by atoms with E-state index in [0.717, 1.165) is 0 Å². The van der Waals surface area contributed by atoms with Gasteiger partial charge in [-0.15, -0.1) is 0 Å². The van der Waals surface area contributed by atoms with E-state index in [1.54, 1.807) is 11.5 Å². The quantitative estimate of drug-likeness (QED) is 0.473. The average molecular weight is 413 g/mol. The third-order valence-corrected chi connectivity index (χ3v) is 6.47. The van der Waals surface area contributed by atoms with Crippen LogP contribution in [0.25, 0.3) is 11.3 Å². The molecule has 2 heterocycles. The Morgan fingerprint density at radius 1 is 1.36 bits per heavy atom. The van der Waals surface area contributed by atoms with Gasteiger partial charge >= 0.3 is 0 Å². The van der Waals surface area contributed by atoms with Crippen LogP contribution < -0.4 is 15.5 Å². The van der Waals surface area contributed by atoms with Crippen molar-refractivity contribution in [2.75, 3.05) is 18.6 Å². The standard InChI is InChI=1S/C17H20FN3O6S/c1-26-15-8-11(2-3-13(15)18)14-9-12(21-27-14)10-19-17(16(22)20-23)4-6-28(24,25)7-5-17/h2-3,8-9,19,23H,4-7,10H2,1H3,(H,20,22). The zero-order valence-electron chi connectivity index (χ0n) is 15.1. The molecule has 3 N–H and O–H groups in total. The number of aromatic nitrogens is 1. The van der Waals surface area contributed by atoms with E-state index in [1.807, 2.05) is 0 Å². The normalized spacial score (nSPS) is 17.8. The van der Waals surface area contributed by atoms with Crippen LogP contribution in [0.1, 0.15) is 18.5 Å². The highest BCUT2D eigenvalue weighted by Crippen LogP contribution is 2.28. The maximum Gasteiger partial charge on any atom is 0.263 e. The minimum Gasteiger partial charge on any atom is -0.494 e. The number of hydroxylamine groups is 1. The molecule has 28 heavy (non-hydrogen) atoms. The third-order valence-electron chi connectivity index (χ3n) is 4.82. The van der Waals surface area contributed by atoms with Gasteiger partial charge in [0.15, 0.2) is 17.3 Å². The monoisotopic (exact) mass is 413 g/mol. The molecule has 0 saturated carbocycles. The number of sulfone groups is 1. The third kappa shape index (κ3) is 4.16. The van der Waals surface area contributed by atoms with Gasteiger partial charge < -0.3 is 9.26 Å². The van der Waals surface area contributed by atoms with Crippen LogP contribution in [0.3, 0.4) is 0 Å². The van der Waals surface area contributed by atoms with E-state index in [-0.39, 0.29) is 36.6 Å². The summed E-state index contributed by atoms with van der Waals surface area (Å²) in [7, 11) is -1.84. The number of carbonyl (C=O) groups excluding carboxylic acids is 1. The Balaban J connectivity index is 1.74. The van der Waals surface area contributed by atoms with Crippen LogP contribution in [0.5, 0.6) is 5.75 Å². The predicted molar refractivity (Wildman–Crippen MR) is 95.8 cm³/mol. The first-order chi connectivity index (χ1) is 13.3. The first kappa shape index (κ1) is 20.2. The van der Waals surface area contributed by atoms with Gasteiger partial charge in [0, 0.05) is 18.2 Å². The second-order valence-electron chi connectivity index (χ2n) is 6.56. The zero-order chi connectivity index (χ0) is 20.4. The summed E-state index contributed by atoms with van der Waals surface area (Å²) in [4.78, 5) is 12.1. The van der Waals surface area contributed by atoms with E-state index in [4.69, 9.17) is 14.5 Å². The molecule has 11 heteroatoms. The van der Waals surface area contributed by atoms with Gasteiger partial charge in [-0.1, -0.05) is 5.16 Å². The SMILES string of the molecule is COc1cc(-c2cc(CNC3(C(=O)NO)CCS(=O)(=O)CC3)no2)ccc1F. The molecule has 0 aliphatic carbocycles. The van der Waals surface area contributed by atoms with E-state index < -0.39 is 27.1 Å². The van der Waals surface area contributed by atoms with Crippen LogP contribution in [-0.4, -0.2) is 48.8 Å². The zero-order valence-corrected chi connectivity index (χ0v) is 15.9. The maximum atomic E-state index is 13.5. The molecular formula is C17H20FN3O6S. The molecule has 0 radical (unpaired) electrons. The van der Waals surface area contributed by atoms with Gasteiger partial charge in [-0.05, 0) is 31.0 Å². The molecule has 1 aromatic heterocycles. The summed E-state index contributed by atoms with van der Waals surface area (Å²) in [6, 6.07) is 5.85. The minimum atomic E-state index is -3.20. The number of halogens is 1. The number of amides is 1. The molecule has 152 valence electrons. The molecule has 0 bridgehead atoms. The molecule has 3 rings (SSSR count). The Morgan fingerprint density at radius 3 is 2.71 bits per heavy atom. The molecule has 1 fully saturated rings. The van der Waals surface area contributed by atoms with E-state index >= 15 is 0 Å². The molecular weight excluding hydrogens is 393 g/mol. The topological polar surface area (TPSA) is 131 Å². The van der Waals surface area contributed by atoms with Crippen molar-refractivity contribution in [1.82, 2.24) is 16.0 Å². The summed E-state index contributed by atoms with van der Waals surface area (Å²) < 4.78 is 47.1. The van der Waals surface area contributed by atoms with Gasteiger partial charge in [0.2, 0.25) is 0 Å². The van der Waals surface area contributed by atoms with Crippen LogP contribution in [0.4, 0.5) is 4.39 Å². The van der Waals surface area contributed by atoms with Crippen molar-refractivity contribution in [2.45, 2.75) is 24.9 Å². The first-order valence-corrected chi connectivity index (χ1v) is 10.3. The Morgan fingerprint density at radius 2 is 2.07 bits per heavy atom. The van der Waals surface area contributed by atoms with Gasteiger partial charge in [0.25, 0.3) is 5.91 Å². The summed E-state index contributed by atoms with van der Waals surface area (Å²) >= 11 is 0. The van der Waals surface area contributed by atoms with Gasteiger partial charge in [-0.3, -0.25) is 15.3 Å². The lowest BCUT2D eigenvalue weighted by molar-refractivity contribution is -0.136. The molecule has 1 aliphatic rings. The lowest BCUT2D eigenvalue weighted by atomic mass is 9.91. The number of nitrogens with zero attached hydrogens (tertiary/aromatic N) is 1. The fraction of sp³-hybridized carbons (Fsp3) is 0.412. The van der Waals surface area contributed by atoms with Crippen LogP contribution >= 0.6 is 0 Å². The second-order valence-corrected chi connectivity index (χ2v) is 8.86. The number of nitrogens with one attached hydrogen (secondary N) is 2. The molecule has 1 aromatic carbocycles. The molecule has 1 amide bonds. The van der Waals surface area contributed by atoms with Gasteiger partial charge in [-0.25, -0.2) is 18.3 Å². The van der Waals surface area contributed by atoms with Crippen LogP contribution in [-0.2, 0) is 21.2 Å². The van der Waals surface area contributed by atoms with Crippen molar-refractivity contribution in [3.63, 3.8) is 0 Å². The first-order valence-electron chi connectivity index (χ1n) is 8.48. The Kier molecular flexibility index (Phi) is 5.68. The fourth-order valence-electron chi connectivity index (χ4n) is 3.08. The largest absolute Gasteiger partial charge is 0.494 e.